The summed E-state index contributed by atoms with van der Waals surface area (Å²) in [7, 11) is 0. The van der Waals surface area contributed by atoms with E-state index in [1.54, 1.807) is 0 Å². The zero-order chi connectivity index (χ0) is 13.3. The van der Waals surface area contributed by atoms with Gasteiger partial charge in [0.1, 0.15) is 0 Å². The number of benzene rings is 1. The summed E-state index contributed by atoms with van der Waals surface area (Å²) >= 11 is 0. The number of carboxylic acid groups (broad SMARTS) is 1. The van der Waals surface area contributed by atoms with Crippen LogP contribution in [0.15, 0.2) is 28.8 Å². The Morgan fingerprint density at radius 1 is 1.33 bits per heavy atom. The number of carboxylic acids is 1. The maximum absolute atomic E-state index is 12.2. The molecule has 1 heterocycles. The highest BCUT2D eigenvalue weighted by Gasteiger charge is 2.37. The topological polar surface area (TPSA) is 76.2 Å². The molecule has 0 radical (unpaired) electrons. The van der Waals surface area contributed by atoms with Crippen LogP contribution in [0.4, 0.5) is 13.2 Å². The highest BCUT2D eigenvalue weighted by atomic mass is 19.4. The molecule has 0 amide bonds. The van der Waals surface area contributed by atoms with Gasteiger partial charge in [0.2, 0.25) is 0 Å². The Hall–Kier alpha value is -2.38. The van der Waals surface area contributed by atoms with E-state index in [0.717, 1.165) is 6.07 Å². The summed E-state index contributed by atoms with van der Waals surface area (Å²) in [6.45, 7) is 0. The van der Waals surface area contributed by atoms with Crippen LogP contribution in [0, 0.1) is 0 Å². The van der Waals surface area contributed by atoms with Crippen LogP contribution in [0.25, 0.3) is 11.5 Å². The van der Waals surface area contributed by atoms with Gasteiger partial charge in [-0.3, -0.25) is 0 Å². The van der Waals surface area contributed by atoms with Crippen LogP contribution in [0.1, 0.15) is 16.2 Å². The molecule has 0 atom stereocenters. The second-order valence-electron chi connectivity index (χ2n) is 3.31. The van der Waals surface area contributed by atoms with E-state index in [2.05, 4.69) is 14.7 Å². The number of alkyl halides is 3. The van der Waals surface area contributed by atoms with E-state index in [1.807, 2.05) is 0 Å². The standard InChI is InChI=1S/C10H5F3N2O3/c11-10(12,13)9-14-7(18-15-9)5-2-1-3-6(4-5)8(16)17/h1-4H,(H,16,17). The summed E-state index contributed by atoms with van der Waals surface area (Å²) in [5.74, 6) is -2.99. The van der Waals surface area contributed by atoms with Crippen LogP contribution in [0.3, 0.4) is 0 Å². The average Bonchev–Trinajstić information content (AvgIpc) is 2.78. The van der Waals surface area contributed by atoms with Gasteiger partial charge in [-0.05, 0) is 18.2 Å². The maximum Gasteiger partial charge on any atom is 0.455 e. The molecule has 0 fully saturated rings. The quantitative estimate of drug-likeness (QED) is 0.895. The minimum Gasteiger partial charge on any atom is -0.478 e. The third kappa shape index (κ3) is 2.31. The van der Waals surface area contributed by atoms with Crippen molar-refractivity contribution in [3.8, 4) is 11.5 Å². The highest BCUT2D eigenvalue weighted by Crippen LogP contribution is 2.28. The molecule has 0 aliphatic carbocycles. The third-order valence-electron chi connectivity index (χ3n) is 2.04. The van der Waals surface area contributed by atoms with E-state index >= 15 is 0 Å². The van der Waals surface area contributed by atoms with Gasteiger partial charge in [-0.2, -0.15) is 18.2 Å². The molecule has 8 heteroatoms. The first-order valence-electron chi connectivity index (χ1n) is 4.62. The highest BCUT2D eigenvalue weighted by molar-refractivity contribution is 5.88. The van der Waals surface area contributed by atoms with Crippen molar-refractivity contribution < 1.29 is 27.6 Å². The second kappa shape index (κ2) is 4.13. The van der Waals surface area contributed by atoms with Crippen molar-refractivity contribution in [2.45, 2.75) is 6.18 Å². The molecule has 18 heavy (non-hydrogen) atoms. The summed E-state index contributed by atoms with van der Waals surface area (Å²) < 4.78 is 41.2. The van der Waals surface area contributed by atoms with E-state index < -0.39 is 18.0 Å². The van der Waals surface area contributed by atoms with E-state index in [1.165, 1.54) is 18.2 Å². The van der Waals surface area contributed by atoms with Gasteiger partial charge in [0.15, 0.2) is 0 Å². The minimum absolute atomic E-state index is 0.0840. The lowest BCUT2D eigenvalue weighted by atomic mass is 10.1. The lowest BCUT2D eigenvalue weighted by Crippen LogP contribution is -2.07. The van der Waals surface area contributed by atoms with Crippen molar-refractivity contribution in [2.24, 2.45) is 0 Å². The van der Waals surface area contributed by atoms with Crippen LogP contribution >= 0.6 is 0 Å². The number of hydrogen-bond donors (Lipinski definition) is 1. The summed E-state index contributed by atoms with van der Waals surface area (Å²) in [6.07, 6.45) is -4.70. The summed E-state index contributed by atoms with van der Waals surface area (Å²) in [5, 5.41) is 11.5. The number of carbonyl (C=O) groups is 1. The first kappa shape index (κ1) is 12.1. The monoisotopic (exact) mass is 258 g/mol. The molecular formula is C10H5F3N2O3. The van der Waals surface area contributed by atoms with E-state index in [-0.39, 0.29) is 17.0 Å². The molecule has 0 saturated heterocycles. The molecule has 0 saturated carbocycles. The number of aromatic nitrogens is 2. The second-order valence-corrected chi connectivity index (χ2v) is 3.31. The zero-order valence-electron chi connectivity index (χ0n) is 8.60. The molecule has 1 N–H and O–H groups in total. The molecule has 0 aliphatic rings. The van der Waals surface area contributed by atoms with Crippen LogP contribution < -0.4 is 0 Å². The third-order valence-corrected chi connectivity index (χ3v) is 2.04. The van der Waals surface area contributed by atoms with Crippen molar-refractivity contribution in [2.75, 3.05) is 0 Å². The van der Waals surface area contributed by atoms with Crippen molar-refractivity contribution >= 4 is 5.97 Å². The van der Waals surface area contributed by atoms with E-state index in [0.29, 0.717) is 0 Å². The van der Waals surface area contributed by atoms with Crippen LogP contribution in [0.2, 0.25) is 0 Å². The molecule has 1 aromatic heterocycles. The predicted molar refractivity (Wildman–Crippen MR) is 51.7 cm³/mol. The number of aromatic carboxylic acids is 1. The normalized spacial score (nSPS) is 11.5. The van der Waals surface area contributed by atoms with Crippen molar-refractivity contribution in [1.82, 2.24) is 10.1 Å². The average molecular weight is 258 g/mol. The smallest absolute Gasteiger partial charge is 0.455 e. The van der Waals surface area contributed by atoms with Gasteiger partial charge in [-0.15, -0.1) is 0 Å². The van der Waals surface area contributed by atoms with Gasteiger partial charge in [-0.25, -0.2) is 4.79 Å². The van der Waals surface area contributed by atoms with Crippen molar-refractivity contribution in [1.29, 1.82) is 0 Å². The SMILES string of the molecule is O=C(O)c1cccc(-c2nc(C(F)(F)F)no2)c1. The Morgan fingerprint density at radius 2 is 2.06 bits per heavy atom. The summed E-state index contributed by atoms with van der Waals surface area (Å²) in [6, 6.07) is 5.19. The number of nitrogens with zero attached hydrogens (tertiary/aromatic N) is 2. The molecule has 94 valence electrons. The minimum atomic E-state index is -4.70. The van der Waals surface area contributed by atoms with Gasteiger partial charge in [0.25, 0.3) is 11.7 Å². The molecule has 0 spiro atoms. The Morgan fingerprint density at radius 3 is 2.61 bits per heavy atom. The molecule has 2 aromatic rings. The summed E-state index contributed by atoms with van der Waals surface area (Å²) in [4.78, 5) is 13.9. The van der Waals surface area contributed by atoms with E-state index in [4.69, 9.17) is 5.11 Å². The number of hydrogen-bond acceptors (Lipinski definition) is 4. The number of rotatable bonds is 2. The van der Waals surface area contributed by atoms with Gasteiger partial charge in [0, 0.05) is 5.56 Å². The Kier molecular flexibility index (Phi) is 2.77. The van der Waals surface area contributed by atoms with Gasteiger partial charge >= 0.3 is 12.1 Å². The first-order valence-corrected chi connectivity index (χ1v) is 4.62. The first-order chi connectivity index (χ1) is 8.38. The molecule has 2 rings (SSSR count). The molecule has 5 nitrogen and oxygen atoms in total. The lowest BCUT2D eigenvalue weighted by molar-refractivity contribution is -0.146. The van der Waals surface area contributed by atoms with Crippen LogP contribution in [-0.4, -0.2) is 21.2 Å². The van der Waals surface area contributed by atoms with Crippen LogP contribution in [0.5, 0.6) is 0 Å². The largest absolute Gasteiger partial charge is 0.478 e. The molecule has 0 aliphatic heterocycles. The van der Waals surface area contributed by atoms with Crippen molar-refractivity contribution in [3.63, 3.8) is 0 Å². The van der Waals surface area contributed by atoms with Crippen molar-refractivity contribution in [3.05, 3.63) is 35.7 Å². The lowest BCUT2D eigenvalue weighted by Gasteiger charge is -1.97. The predicted octanol–water partition coefficient (Wildman–Crippen LogP) is 2.45. The molecule has 0 bridgehead atoms. The summed E-state index contributed by atoms with van der Waals surface area (Å²) in [5.41, 5.74) is 0.0251. The molecular weight excluding hydrogens is 253 g/mol. The van der Waals surface area contributed by atoms with E-state index in [9.17, 15) is 18.0 Å². The molecule has 0 unspecified atom stereocenters. The fourth-order valence-electron chi connectivity index (χ4n) is 1.24. The molecule has 1 aromatic carbocycles. The maximum atomic E-state index is 12.2. The van der Waals surface area contributed by atoms with Gasteiger partial charge in [-0.1, -0.05) is 11.2 Å². The van der Waals surface area contributed by atoms with Crippen LogP contribution in [-0.2, 0) is 6.18 Å². The zero-order valence-corrected chi connectivity index (χ0v) is 8.60. The Labute approximate surface area is 97.9 Å². The van der Waals surface area contributed by atoms with Gasteiger partial charge in [0.05, 0.1) is 5.56 Å². The Bertz CT molecular complexity index is 592. The number of halogens is 3. The van der Waals surface area contributed by atoms with Gasteiger partial charge < -0.3 is 9.63 Å². The fourth-order valence-corrected chi connectivity index (χ4v) is 1.24. The Balaban J connectivity index is 2.40. The fraction of sp³-hybridized carbons (Fsp3) is 0.100.